The summed E-state index contributed by atoms with van der Waals surface area (Å²) in [5.41, 5.74) is -1.56. The third-order valence-corrected chi connectivity index (χ3v) is 1.82. The third-order valence-electron chi connectivity index (χ3n) is 1.82. The molecule has 0 radical (unpaired) electrons. The van der Waals surface area contributed by atoms with Crippen LogP contribution in [0.3, 0.4) is 0 Å². The van der Waals surface area contributed by atoms with Crippen LogP contribution in [0.1, 0.15) is 22.5 Å². The zero-order valence-electron chi connectivity index (χ0n) is 8.46. The second-order valence-electron chi connectivity index (χ2n) is 2.69. The van der Waals surface area contributed by atoms with E-state index >= 15 is 0 Å². The van der Waals surface area contributed by atoms with Crippen molar-refractivity contribution in [3.8, 4) is 5.75 Å². The maximum Gasteiger partial charge on any atom is 0.343 e. The Kier molecular flexibility index (Phi) is 3.70. The van der Waals surface area contributed by atoms with Gasteiger partial charge in [0.05, 0.1) is 20.4 Å². The van der Waals surface area contributed by atoms with E-state index < -0.39 is 35.2 Å². The first-order valence-corrected chi connectivity index (χ1v) is 4.11. The molecule has 0 N–H and O–H groups in total. The fourth-order valence-electron chi connectivity index (χ4n) is 1.15. The van der Waals surface area contributed by atoms with Crippen LogP contribution in [0.15, 0.2) is 6.20 Å². The number of methoxy groups -OCH3 is 2. The average molecular weight is 235 g/mol. The topological polar surface area (TPSA) is 48.4 Å². The first kappa shape index (κ1) is 12.3. The Morgan fingerprint density at radius 2 is 2.06 bits per heavy atom. The van der Waals surface area contributed by atoms with Gasteiger partial charge in [0.1, 0.15) is 11.3 Å². The molecular weight excluding hydrogens is 227 g/mol. The zero-order chi connectivity index (χ0) is 12.3. The minimum Gasteiger partial charge on any atom is -0.493 e. The summed E-state index contributed by atoms with van der Waals surface area (Å²) in [6.07, 6.45) is -2.46. The van der Waals surface area contributed by atoms with E-state index in [1.54, 1.807) is 0 Å². The molecule has 1 aromatic heterocycles. The van der Waals surface area contributed by atoms with E-state index in [0.29, 0.717) is 6.20 Å². The minimum absolute atomic E-state index is 0.562. The lowest BCUT2D eigenvalue weighted by Gasteiger charge is -2.11. The van der Waals surface area contributed by atoms with Crippen LogP contribution < -0.4 is 4.74 Å². The molecule has 0 spiro atoms. The molecule has 1 aromatic rings. The predicted octanol–water partition coefficient (Wildman–Crippen LogP) is 1.95. The van der Waals surface area contributed by atoms with Gasteiger partial charge in [0, 0.05) is 0 Å². The Balaban J connectivity index is 3.47. The second-order valence-corrected chi connectivity index (χ2v) is 2.69. The summed E-state index contributed by atoms with van der Waals surface area (Å²) < 4.78 is 47.0. The van der Waals surface area contributed by atoms with Crippen LogP contribution in [0.4, 0.5) is 13.2 Å². The smallest absolute Gasteiger partial charge is 0.343 e. The molecule has 0 aromatic carbocycles. The van der Waals surface area contributed by atoms with Crippen LogP contribution in [0.25, 0.3) is 0 Å². The van der Waals surface area contributed by atoms with E-state index in [4.69, 9.17) is 0 Å². The van der Waals surface area contributed by atoms with Gasteiger partial charge in [0.2, 0.25) is 0 Å². The number of esters is 1. The van der Waals surface area contributed by atoms with Gasteiger partial charge in [-0.25, -0.2) is 18.0 Å². The predicted molar refractivity (Wildman–Crippen MR) is 47.0 cm³/mol. The van der Waals surface area contributed by atoms with Crippen molar-refractivity contribution in [2.45, 2.75) is 6.43 Å². The monoisotopic (exact) mass is 235 g/mol. The number of halogens is 3. The lowest BCUT2D eigenvalue weighted by atomic mass is 10.1. The molecule has 0 atom stereocenters. The average Bonchev–Trinajstić information content (AvgIpc) is 2.27. The van der Waals surface area contributed by atoms with Crippen molar-refractivity contribution in [1.82, 2.24) is 4.98 Å². The molecule has 1 rings (SSSR count). The summed E-state index contributed by atoms with van der Waals surface area (Å²) in [6.45, 7) is 0. The van der Waals surface area contributed by atoms with Gasteiger partial charge in [0.25, 0.3) is 6.43 Å². The summed E-state index contributed by atoms with van der Waals surface area (Å²) in [7, 11) is 2.04. The molecule has 4 nitrogen and oxygen atoms in total. The lowest BCUT2D eigenvalue weighted by molar-refractivity contribution is 0.0581. The lowest BCUT2D eigenvalue weighted by Crippen LogP contribution is -2.11. The Morgan fingerprint density at radius 3 is 2.50 bits per heavy atom. The number of hydrogen-bond donors (Lipinski definition) is 0. The molecule has 16 heavy (non-hydrogen) atoms. The van der Waals surface area contributed by atoms with Crippen LogP contribution in [0.5, 0.6) is 5.75 Å². The molecule has 0 fully saturated rings. The highest BCUT2D eigenvalue weighted by Crippen LogP contribution is 2.30. The number of carbonyl (C=O) groups excluding carboxylic acids is 1. The molecule has 0 saturated heterocycles. The van der Waals surface area contributed by atoms with Crippen LogP contribution >= 0.6 is 0 Å². The number of rotatable bonds is 3. The number of carbonyl (C=O) groups is 1. The highest BCUT2D eigenvalue weighted by molar-refractivity contribution is 5.93. The summed E-state index contributed by atoms with van der Waals surface area (Å²) >= 11 is 0. The van der Waals surface area contributed by atoms with E-state index in [2.05, 4.69) is 14.5 Å². The van der Waals surface area contributed by atoms with Crippen molar-refractivity contribution in [2.75, 3.05) is 14.2 Å². The minimum atomic E-state index is -3.02. The molecular formula is C9H8F3NO3. The summed E-state index contributed by atoms with van der Waals surface area (Å²) in [5, 5.41) is 0. The van der Waals surface area contributed by atoms with Gasteiger partial charge in [-0.05, 0) is 0 Å². The maximum atomic E-state index is 13.2. The molecule has 88 valence electrons. The number of pyridine rings is 1. The number of ether oxygens (including phenoxy) is 2. The molecule has 0 aliphatic heterocycles. The second kappa shape index (κ2) is 4.82. The highest BCUT2D eigenvalue weighted by atomic mass is 19.3. The first-order valence-electron chi connectivity index (χ1n) is 4.11. The molecule has 0 aliphatic rings. The standard InChI is InChI=1S/C9H8F3NO3/c1-15-7-4(10)3-13-6(8(11)12)5(7)9(14)16-2/h3,8H,1-2H3. The van der Waals surface area contributed by atoms with Crippen molar-refractivity contribution in [3.63, 3.8) is 0 Å². The number of nitrogens with zero attached hydrogens (tertiary/aromatic N) is 1. The largest absolute Gasteiger partial charge is 0.493 e. The van der Waals surface area contributed by atoms with Crippen LogP contribution in [0, 0.1) is 5.82 Å². The Hall–Kier alpha value is -1.79. The van der Waals surface area contributed by atoms with Gasteiger partial charge in [-0.2, -0.15) is 0 Å². The Morgan fingerprint density at radius 1 is 1.44 bits per heavy atom. The van der Waals surface area contributed by atoms with Gasteiger partial charge in [-0.15, -0.1) is 0 Å². The molecule has 1 heterocycles. The molecule has 0 aliphatic carbocycles. The van der Waals surface area contributed by atoms with Crippen molar-refractivity contribution < 1.29 is 27.4 Å². The van der Waals surface area contributed by atoms with Crippen molar-refractivity contribution >= 4 is 5.97 Å². The fourth-order valence-corrected chi connectivity index (χ4v) is 1.15. The van der Waals surface area contributed by atoms with Gasteiger partial charge < -0.3 is 9.47 Å². The summed E-state index contributed by atoms with van der Waals surface area (Å²) in [5.74, 6) is -2.73. The van der Waals surface area contributed by atoms with E-state index in [1.165, 1.54) is 0 Å². The molecule has 7 heteroatoms. The number of alkyl halides is 2. The van der Waals surface area contributed by atoms with Gasteiger partial charge in [-0.3, -0.25) is 4.98 Å². The number of aromatic nitrogens is 1. The van der Waals surface area contributed by atoms with Gasteiger partial charge in [-0.1, -0.05) is 0 Å². The van der Waals surface area contributed by atoms with Crippen molar-refractivity contribution in [3.05, 3.63) is 23.3 Å². The quantitative estimate of drug-likeness (QED) is 0.751. The normalized spacial score (nSPS) is 10.4. The maximum absolute atomic E-state index is 13.2. The van der Waals surface area contributed by atoms with Crippen molar-refractivity contribution in [2.24, 2.45) is 0 Å². The van der Waals surface area contributed by atoms with E-state index in [1.807, 2.05) is 0 Å². The fraction of sp³-hybridized carbons (Fsp3) is 0.333. The highest BCUT2D eigenvalue weighted by Gasteiger charge is 2.27. The molecule has 0 saturated carbocycles. The van der Waals surface area contributed by atoms with E-state index in [0.717, 1.165) is 14.2 Å². The van der Waals surface area contributed by atoms with Gasteiger partial charge in [0.15, 0.2) is 11.6 Å². The van der Waals surface area contributed by atoms with Crippen LogP contribution in [-0.4, -0.2) is 25.2 Å². The molecule has 0 bridgehead atoms. The zero-order valence-corrected chi connectivity index (χ0v) is 8.46. The third kappa shape index (κ3) is 2.07. The molecule has 0 amide bonds. The number of hydrogen-bond acceptors (Lipinski definition) is 4. The van der Waals surface area contributed by atoms with Crippen LogP contribution in [-0.2, 0) is 4.74 Å². The Labute approximate surface area is 89.0 Å². The van der Waals surface area contributed by atoms with E-state index in [-0.39, 0.29) is 0 Å². The van der Waals surface area contributed by atoms with E-state index in [9.17, 15) is 18.0 Å². The van der Waals surface area contributed by atoms with Crippen molar-refractivity contribution in [1.29, 1.82) is 0 Å². The first-order chi connectivity index (χ1) is 7.52. The Bertz CT molecular complexity index is 409. The SMILES string of the molecule is COC(=O)c1c(C(F)F)ncc(F)c1OC. The summed E-state index contributed by atoms with van der Waals surface area (Å²) in [4.78, 5) is 14.4. The van der Waals surface area contributed by atoms with Gasteiger partial charge >= 0.3 is 5.97 Å². The summed E-state index contributed by atoms with van der Waals surface area (Å²) in [6, 6.07) is 0. The van der Waals surface area contributed by atoms with Crippen LogP contribution in [0.2, 0.25) is 0 Å². The molecule has 0 unspecified atom stereocenters.